The van der Waals surface area contributed by atoms with Crippen LogP contribution in [0.3, 0.4) is 0 Å². The SMILES string of the molecule is CCN(C(=O)Cc1c[nH]c2ccccc12)C1CCNC1. The van der Waals surface area contributed by atoms with E-state index < -0.39 is 0 Å². The van der Waals surface area contributed by atoms with Crippen LogP contribution in [0.15, 0.2) is 30.5 Å². The third kappa shape index (κ3) is 2.43. The molecule has 2 heterocycles. The Hall–Kier alpha value is -1.81. The average Bonchev–Trinajstić information content (AvgIpc) is 3.10. The Morgan fingerprint density at radius 2 is 2.25 bits per heavy atom. The predicted molar refractivity (Wildman–Crippen MR) is 80.7 cm³/mol. The molecule has 0 aliphatic carbocycles. The summed E-state index contributed by atoms with van der Waals surface area (Å²) in [4.78, 5) is 17.8. The molecule has 4 heteroatoms. The Balaban J connectivity index is 1.77. The van der Waals surface area contributed by atoms with Gasteiger partial charge < -0.3 is 15.2 Å². The Labute approximate surface area is 119 Å². The lowest BCUT2D eigenvalue weighted by molar-refractivity contribution is -0.132. The highest BCUT2D eigenvalue weighted by Crippen LogP contribution is 2.19. The third-order valence-electron chi connectivity index (χ3n) is 4.15. The lowest BCUT2D eigenvalue weighted by Gasteiger charge is -2.27. The van der Waals surface area contributed by atoms with E-state index in [1.54, 1.807) is 0 Å². The molecule has 2 aromatic rings. The maximum absolute atomic E-state index is 12.6. The molecule has 0 radical (unpaired) electrons. The van der Waals surface area contributed by atoms with E-state index in [1.165, 1.54) is 0 Å². The zero-order valence-electron chi connectivity index (χ0n) is 11.9. The smallest absolute Gasteiger partial charge is 0.227 e. The molecule has 20 heavy (non-hydrogen) atoms. The summed E-state index contributed by atoms with van der Waals surface area (Å²) in [5, 5.41) is 4.48. The van der Waals surface area contributed by atoms with E-state index in [1.807, 2.05) is 29.3 Å². The Kier molecular flexibility index (Phi) is 3.74. The van der Waals surface area contributed by atoms with E-state index in [4.69, 9.17) is 0 Å². The zero-order chi connectivity index (χ0) is 13.9. The van der Waals surface area contributed by atoms with Crippen molar-refractivity contribution in [2.45, 2.75) is 25.8 Å². The van der Waals surface area contributed by atoms with Crippen molar-refractivity contribution in [2.75, 3.05) is 19.6 Å². The summed E-state index contributed by atoms with van der Waals surface area (Å²) in [5.74, 6) is 0.228. The molecule has 0 spiro atoms. The van der Waals surface area contributed by atoms with E-state index in [-0.39, 0.29) is 5.91 Å². The van der Waals surface area contributed by atoms with Crippen molar-refractivity contribution in [2.24, 2.45) is 0 Å². The number of H-pyrrole nitrogens is 1. The summed E-state index contributed by atoms with van der Waals surface area (Å²) in [5.41, 5.74) is 2.19. The standard InChI is InChI=1S/C16H21N3O/c1-2-19(13-7-8-17-11-13)16(20)9-12-10-18-15-6-4-3-5-14(12)15/h3-6,10,13,17-18H,2,7-9,11H2,1H3. The van der Waals surface area contributed by atoms with Crippen molar-refractivity contribution < 1.29 is 4.79 Å². The first kappa shape index (κ1) is 13.2. The lowest BCUT2D eigenvalue weighted by Crippen LogP contribution is -2.42. The summed E-state index contributed by atoms with van der Waals surface area (Å²) in [7, 11) is 0. The highest BCUT2D eigenvalue weighted by molar-refractivity contribution is 5.89. The largest absolute Gasteiger partial charge is 0.361 e. The minimum atomic E-state index is 0.228. The molecule has 1 aromatic heterocycles. The molecule has 0 saturated carbocycles. The van der Waals surface area contributed by atoms with Gasteiger partial charge in [0.05, 0.1) is 6.42 Å². The fourth-order valence-electron chi connectivity index (χ4n) is 3.09. The van der Waals surface area contributed by atoms with Gasteiger partial charge in [-0.15, -0.1) is 0 Å². The Morgan fingerprint density at radius 3 is 3.00 bits per heavy atom. The van der Waals surface area contributed by atoms with E-state index in [0.29, 0.717) is 12.5 Å². The average molecular weight is 271 g/mol. The molecule has 1 saturated heterocycles. The van der Waals surface area contributed by atoms with Crippen molar-refractivity contribution in [3.63, 3.8) is 0 Å². The Morgan fingerprint density at radius 1 is 1.40 bits per heavy atom. The van der Waals surface area contributed by atoms with Crippen LogP contribution in [0.1, 0.15) is 18.9 Å². The lowest BCUT2D eigenvalue weighted by atomic mass is 10.1. The van der Waals surface area contributed by atoms with Gasteiger partial charge in [0.15, 0.2) is 0 Å². The van der Waals surface area contributed by atoms with Gasteiger partial charge in [-0.1, -0.05) is 18.2 Å². The normalized spacial score (nSPS) is 18.6. The molecule has 4 nitrogen and oxygen atoms in total. The number of carbonyl (C=O) groups is 1. The first-order chi connectivity index (χ1) is 9.79. The minimum absolute atomic E-state index is 0.228. The van der Waals surface area contributed by atoms with Crippen LogP contribution in [0.2, 0.25) is 0 Å². The van der Waals surface area contributed by atoms with Gasteiger partial charge in [-0.25, -0.2) is 0 Å². The van der Waals surface area contributed by atoms with Crippen LogP contribution < -0.4 is 5.32 Å². The van der Waals surface area contributed by atoms with Crippen molar-refractivity contribution in [3.05, 3.63) is 36.0 Å². The minimum Gasteiger partial charge on any atom is -0.361 e. The molecule has 3 rings (SSSR count). The maximum Gasteiger partial charge on any atom is 0.227 e. The summed E-state index contributed by atoms with van der Waals surface area (Å²) in [6, 6.07) is 8.50. The number of amides is 1. The molecule has 1 fully saturated rings. The van der Waals surface area contributed by atoms with Crippen molar-refractivity contribution in [1.29, 1.82) is 0 Å². The molecular formula is C16H21N3O. The summed E-state index contributed by atoms with van der Waals surface area (Å²) in [6.45, 7) is 4.79. The van der Waals surface area contributed by atoms with Gasteiger partial charge in [-0.05, 0) is 31.5 Å². The number of hydrogen-bond donors (Lipinski definition) is 2. The van der Waals surface area contributed by atoms with Gasteiger partial charge in [-0.3, -0.25) is 4.79 Å². The van der Waals surface area contributed by atoms with Crippen molar-refractivity contribution in [1.82, 2.24) is 15.2 Å². The van der Waals surface area contributed by atoms with Crippen LogP contribution in [-0.4, -0.2) is 41.5 Å². The van der Waals surface area contributed by atoms with Crippen LogP contribution in [0.25, 0.3) is 10.9 Å². The number of aromatic amines is 1. The van der Waals surface area contributed by atoms with Crippen LogP contribution in [0.4, 0.5) is 0 Å². The molecular weight excluding hydrogens is 250 g/mol. The summed E-state index contributed by atoms with van der Waals surface area (Å²) in [6.07, 6.45) is 3.51. The molecule has 1 aromatic carbocycles. The second kappa shape index (κ2) is 5.67. The Bertz CT molecular complexity index is 599. The van der Waals surface area contributed by atoms with Gasteiger partial charge in [0.1, 0.15) is 0 Å². The van der Waals surface area contributed by atoms with E-state index in [0.717, 1.165) is 42.5 Å². The van der Waals surface area contributed by atoms with Crippen LogP contribution in [0, 0.1) is 0 Å². The number of fused-ring (bicyclic) bond motifs is 1. The number of aromatic nitrogens is 1. The van der Waals surface area contributed by atoms with Crippen LogP contribution in [-0.2, 0) is 11.2 Å². The summed E-state index contributed by atoms with van der Waals surface area (Å²) >= 11 is 0. The molecule has 1 unspecified atom stereocenters. The van der Waals surface area contributed by atoms with Crippen molar-refractivity contribution in [3.8, 4) is 0 Å². The van der Waals surface area contributed by atoms with Gasteiger partial charge >= 0.3 is 0 Å². The number of benzene rings is 1. The van der Waals surface area contributed by atoms with Gasteiger partial charge in [0.2, 0.25) is 5.91 Å². The first-order valence-corrected chi connectivity index (χ1v) is 7.34. The molecule has 0 bridgehead atoms. The van der Waals surface area contributed by atoms with Crippen molar-refractivity contribution >= 4 is 16.8 Å². The third-order valence-corrected chi connectivity index (χ3v) is 4.15. The van der Waals surface area contributed by atoms with Gasteiger partial charge in [0.25, 0.3) is 0 Å². The van der Waals surface area contributed by atoms with Crippen LogP contribution >= 0.6 is 0 Å². The van der Waals surface area contributed by atoms with Gasteiger partial charge in [0, 0.05) is 36.2 Å². The number of carbonyl (C=O) groups excluding carboxylic acids is 1. The number of nitrogens with zero attached hydrogens (tertiary/aromatic N) is 1. The predicted octanol–water partition coefficient (Wildman–Crippen LogP) is 1.92. The quantitative estimate of drug-likeness (QED) is 0.892. The molecule has 1 aliphatic rings. The second-order valence-electron chi connectivity index (χ2n) is 5.36. The molecule has 1 atom stereocenters. The van der Waals surface area contributed by atoms with E-state index in [9.17, 15) is 4.79 Å². The molecule has 1 amide bonds. The topological polar surface area (TPSA) is 48.1 Å². The van der Waals surface area contributed by atoms with E-state index in [2.05, 4.69) is 23.3 Å². The molecule has 106 valence electrons. The van der Waals surface area contributed by atoms with Gasteiger partial charge in [-0.2, -0.15) is 0 Å². The summed E-state index contributed by atoms with van der Waals surface area (Å²) < 4.78 is 0. The zero-order valence-corrected chi connectivity index (χ0v) is 11.9. The number of nitrogens with one attached hydrogen (secondary N) is 2. The second-order valence-corrected chi connectivity index (χ2v) is 5.36. The number of hydrogen-bond acceptors (Lipinski definition) is 2. The van der Waals surface area contributed by atoms with E-state index >= 15 is 0 Å². The highest BCUT2D eigenvalue weighted by Gasteiger charge is 2.25. The monoisotopic (exact) mass is 271 g/mol. The number of likely N-dealkylation sites (N-methyl/N-ethyl adjacent to an activating group) is 1. The number of para-hydroxylation sites is 1. The molecule has 1 aliphatic heterocycles. The fourth-order valence-corrected chi connectivity index (χ4v) is 3.09. The molecule has 2 N–H and O–H groups in total. The van der Waals surface area contributed by atoms with Crippen LogP contribution in [0.5, 0.6) is 0 Å². The fraction of sp³-hybridized carbons (Fsp3) is 0.438. The maximum atomic E-state index is 12.6. The first-order valence-electron chi connectivity index (χ1n) is 7.34. The highest BCUT2D eigenvalue weighted by atomic mass is 16.2. The number of rotatable bonds is 4.